The molecule has 0 aromatic heterocycles. The van der Waals surface area contributed by atoms with Crippen molar-refractivity contribution in [2.75, 3.05) is 6.61 Å². The number of rotatable bonds is 11. The third-order valence-corrected chi connectivity index (χ3v) is 2.87. The molecule has 0 saturated heterocycles. The van der Waals surface area contributed by atoms with Gasteiger partial charge in [0.25, 0.3) is 0 Å². The molecule has 0 spiro atoms. The van der Waals surface area contributed by atoms with Gasteiger partial charge in [-0.2, -0.15) is 0 Å². The normalized spacial score (nSPS) is 12.3. The lowest BCUT2D eigenvalue weighted by molar-refractivity contribution is -0.144. The zero-order chi connectivity index (χ0) is 15.2. The van der Waals surface area contributed by atoms with E-state index in [9.17, 15) is 9.59 Å². The monoisotopic (exact) mass is 284 g/mol. The molecule has 0 rings (SSSR count). The summed E-state index contributed by atoms with van der Waals surface area (Å²) in [5.74, 6) is -0.956. The van der Waals surface area contributed by atoms with E-state index in [0.29, 0.717) is 6.61 Å². The summed E-state index contributed by atoms with van der Waals surface area (Å²) >= 11 is 0. The van der Waals surface area contributed by atoms with Gasteiger partial charge in [0.15, 0.2) is 0 Å². The van der Waals surface area contributed by atoms with Gasteiger partial charge in [0.1, 0.15) is 6.10 Å². The minimum absolute atomic E-state index is 0.0480. The highest BCUT2D eigenvalue weighted by molar-refractivity contribution is 5.91. The van der Waals surface area contributed by atoms with E-state index in [0.717, 1.165) is 57.1 Å². The van der Waals surface area contributed by atoms with Gasteiger partial charge in [-0.3, -0.25) is 0 Å². The number of carbonyl (C=O) groups is 2. The first-order valence-corrected chi connectivity index (χ1v) is 7.69. The molecule has 0 amide bonds. The Kier molecular flexibility index (Phi) is 11.9. The van der Waals surface area contributed by atoms with Gasteiger partial charge in [0, 0.05) is 12.2 Å². The molecule has 4 heteroatoms. The molecule has 0 aliphatic carbocycles. The highest BCUT2D eigenvalue weighted by Gasteiger charge is 2.11. The van der Waals surface area contributed by atoms with Crippen molar-refractivity contribution in [2.24, 2.45) is 0 Å². The van der Waals surface area contributed by atoms with Gasteiger partial charge in [-0.25, -0.2) is 9.59 Å². The van der Waals surface area contributed by atoms with Crippen molar-refractivity contribution in [2.45, 2.75) is 71.8 Å². The molecule has 0 aromatic rings. The van der Waals surface area contributed by atoms with Gasteiger partial charge < -0.3 is 9.47 Å². The molecule has 1 atom stereocenters. The van der Waals surface area contributed by atoms with Gasteiger partial charge in [-0.1, -0.05) is 46.5 Å². The summed E-state index contributed by atoms with van der Waals surface area (Å²) in [5, 5.41) is 0. The predicted molar refractivity (Wildman–Crippen MR) is 79.3 cm³/mol. The van der Waals surface area contributed by atoms with E-state index in [1.54, 1.807) is 0 Å². The number of carbonyl (C=O) groups excluding carboxylic acids is 2. The van der Waals surface area contributed by atoms with Crippen LogP contribution in [0.15, 0.2) is 12.2 Å². The Bertz CT molecular complexity index is 297. The Balaban J connectivity index is 4.06. The van der Waals surface area contributed by atoms with Crippen LogP contribution in [0, 0.1) is 0 Å². The van der Waals surface area contributed by atoms with Gasteiger partial charge in [-0.05, 0) is 19.3 Å². The third kappa shape index (κ3) is 10.6. The van der Waals surface area contributed by atoms with Crippen molar-refractivity contribution < 1.29 is 19.1 Å². The predicted octanol–water partition coefficient (Wildman–Crippen LogP) is 3.79. The summed E-state index contributed by atoms with van der Waals surface area (Å²) in [7, 11) is 0. The molecule has 0 N–H and O–H groups in total. The van der Waals surface area contributed by atoms with E-state index >= 15 is 0 Å². The molecule has 0 saturated carbocycles. The maximum absolute atomic E-state index is 11.6. The molecule has 0 heterocycles. The number of ether oxygens (including phenoxy) is 2. The number of unbranched alkanes of at least 4 members (excludes halogenated alkanes) is 2. The topological polar surface area (TPSA) is 52.6 Å². The van der Waals surface area contributed by atoms with E-state index in [1.807, 2.05) is 6.92 Å². The van der Waals surface area contributed by atoms with Crippen LogP contribution in [-0.4, -0.2) is 24.6 Å². The molecule has 0 aliphatic rings. The smallest absolute Gasteiger partial charge is 0.331 e. The highest BCUT2D eigenvalue weighted by Crippen LogP contribution is 2.11. The molecule has 20 heavy (non-hydrogen) atoms. The quantitative estimate of drug-likeness (QED) is 0.329. The molecular formula is C16H28O4. The number of esters is 2. The van der Waals surface area contributed by atoms with Crippen LogP contribution in [0.4, 0.5) is 0 Å². The van der Waals surface area contributed by atoms with E-state index in [2.05, 4.69) is 13.8 Å². The van der Waals surface area contributed by atoms with Crippen molar-refractivity contribution in [1.29, 1.82) is 0 Å². The second kappa shape index (κ2) is 12.7. The fourth-order valence-corrected chi connectivity index (χ4v) is 1.72. The molecular weight excluding hydrogens is 256 g/mol. The first kappa shape index (κ1) is 18.7. The van der Waals surface area contributed by atoms with Crippen molar-refractivity contribution in [1.82, 2.24) is 0 Å². The van der Waals surface area contributed by atoms with E-state index < -0.39 is 11.9 Å². The molecule has 0 fully saturated rings. The SMILES string of the molecule is CCCCOC(=O)C=CC(=O)OC(CCC)CCCC. The average molecular weight is 284 g/mol. The lowest BCUT2D eigenvalue weighted by Gasteiger charge is -2.15. The highest BCUT2D eigenvalue weighted by atomic mass is 16.5. The first-order valence-electron chi connectivity index (χ1n) is 7.69. The minimum Gasteiger partial charge on any atom is -0.463 e. The fourth-order valence-electron chi connectivity index (χ4n) is 1.72. The maximum atomic E-state index is 11.6. The van der Waals surface area contributed by atoms with Crippen LogP contribution in [0.1, 0.15) is 65.7 Å². The van der Waals surface area contributed by atoms with Crippen molar-refractivity contribution in [3.8, 4) is 0 Å². The lowest BCUT2D eigenvalue weighted by atomic mass is 10.1. The zero-order valence-electron chi connectivity index (χ0n) is 13.0. The van der Waals surface area contributed by atoms with Crippen LogP contribution in [0.25, 0.3) is 0 Å². The summed E-state index contributed by atoms with van der Waals surface area (Å²) in [6.45, 7) is 6.58. The number of hydrogen-bond acceptors (Lipinski definition) is 4. The Hall–Kier alpha value is -1.32. The second-order valence-corrected chi connectivity index (χ2v) is 4.84. The van der Waals surface area contributed by atoms with Crippen LogP contribution < -0.4 is 0 Å². The third-order valence-electron chi connectivity index (χ3n) is 2.87. The Morgan fingerprint density at radius 3 is 2.15 bits per heavy atom. The summed E-state index contributed by atoms with van der Waals surface area (Å²) in [5.41, 5.74) is 0. The largest absolute Gasteiger partial charge is 0.463 e. The lowest BCUT2D eigenvalue weighted by Crippen LogP contribution is -2.17. The van der Waals surface area contributed by atoms with Crippen molar-refractivity contribution in [3.05, 3.63) is 12.2 Å². The fraction of sp³-hybridized carbons (Fsp3) is 0.750. The molecule has 1 unspecified atom stereocenters. The maximum Gasteiger partial charge on any atom is 0.331 e. The van der Waals surface area contributed by atoms with E-state index in [1.165, 1.54) is 0 Å². The van der Waals surface area contributed by atoms with Gasteiger partial charge in [-0.15, -0.1) is 0 Å². The molecule has 0 aliphatic heterocycles. The summed E-state index contributed by atoms with van der Waals surface area (Å²) < 4.78 is 10.3. The Morgan fingerprint density at radius 1 is 0.900 bits per heavy atom. The van der Waals surface area contributed by atoms with Gasteiger partial charge in [0.05, 0.1) is 6.61 Å². The zero-order valence-corrected chi connectivity index (χ0v) is 13.0. The number of hydrogen-bond donors (Lipinski definition) is 0. The van der Waals surface area contributed by atoms with Crippen molar-refractivity contribution in [3.63, 3.8) is 0 Å². The van der Waals surface area contributed by atoms with Crippen LogP contribution in [0.5, 0.6) is 0 Å². The Morgan fingerprint density at radius 2 is 1.55 bits per heavy atom. The molecule has 0 aromatic carbocycles. The molecule has 0 bridgehead atoms. The van der Waals surface area contributed by atoms with Gasteiger partial charge >= 0.3 is 11.9 Å². The summed E-state index contributed by atoms with van der Waals surface area (Å²) in [6.07, 6.45) is 8.89. The van der Waals surface area contributed by atoms with E-state index in [-0.39, 0.29) is 6.10 Å². The molecule has 4 nitrogen and oxygen atoms in total. The van der Waals surface area contributed by atoms with Crippen LogP contribution in [0.2, 0.25) is 0 Å². The second-order valence-electron chi connectivity index (χ2n) is 4.84. The van der Waals surface area contributed by atoms with Crippen molar-refractivity contribution >= 4 is 11.9 Å². The molecule has 116 valence electrons. The minimum atomic E-state index is -0.490. The van der Waals surface area contributed by atoms with Crippen LogP contribution >= 0.6 is 0 Å². The summed E-state index contributed by atoms with van der Waals surface area (Å²) in [6, 6.07) is 0. The first-order chi connectivity index (χ1) is 9.63. The van der Waals surface area contributed by atoms with E-state index in [4.69, 9.17) is 9.47 Å². The summed E-state index contributed by atoms with van der Waals surface area (Å²) in [4.78, 5) is 22.9. The van der Waals surface area contributed by atoms with Crippen LogP contribution in [0.3, 0.4) is 0 Å². The Labute approximate surface area is 122 Å². The van der Waals surface area contributed by atoms with Crippen LogP contribution in [-0.2, 0) is 19.1 Å². The molecule has 0 radical (unpaired) electrons. The van der Waals surface area contributed by atoms with Gasteiger partial charge in [0.2, 0.25) is 0 Å². The average Bonchev–Trinajstić information content (AvgIpc) is 2.43. The standard InChI is InChI=1S/C16H28O4/c1-4-7-10-14(9-6-3)20-16(18)12-11-15(17)19-13-8-5-2/h11-12,14H,4-10,13H2,1-3H3.